The number of carbonyl (C=O) groups is 1. The summed E-state index contributed by atoms with van der Waals surface area (Å²) < 4.78 is 2.82. The molecule has 2 heterocycles. The van der Waals surface area contributed by atoms with E-state index in [2.05, 4.69) is 28.6 Å². The average molecular weight is 551 g/mol. The van der Waals surface area contributed by atoms with E-state index >= 15 is 0 Å². The molecule has 3 aromatic carbocycles. The lowest BCUT2D eigenvalue weighted by Crippen LogP contribution is -2.10. The van der Waals surface area contributed by atoms with Crippen molar-refractivity contribution < 1.29 is 15.0 Å². The van der Waals surface area contributed by atoms with Gasteiger partial charge in [0.2, 0.25) is 0 Å². The average Bonchev–Trinajstić information content (AvgIpc) is 3.39. The number of aryl methyl sites for hydroxylation is 2. The topological polar surface area (TPSA) is 100 Å². The maximum Gasteiger partial charge on any atom is 0.307 e. The van der Waals surface area contributed by atoms with E-state index in [-0.39, 0.29) is 6.42 Å². The van der Waals surface area contributed by atoms with E-state index in [4.69, 9.17) is 21.7 Å². The number of nitrogens with zero attached hydrogens (tertiary/aromatic N) is 3. The number of anilines is 1. The zero-order valence-electron chi connectivity index (χ0n) is 22.3. The number of carboxylic acids is 1. The maximum absolute atomic E-state index is 11.7. The van der Waals surface area contributed by atoms with Crippen LogP contribution < -0.4 is 5.32 Å². The van der Waals surface area contributed by atoms with E-state index in [0.29, 0.717) is 5.02 Å². The fourth-order valence-corrected chi connectivity index (χ4v) is 5.50. The lowest BCUT2D eigenvalue weighted by Gasteiger charge is -2.13. The Hall–Kier alpha value is -3.46. The molecular weight excluding hydrogens is 520 g/mol. The molecule has 0 spiro atoms. The van der Waals surface area contributed by atoms with Crippen molar-refractivity contribution in [3.63, 3.8) is 0 Å². The molecule has 0 fully saturated rings. The number of benzene rings is 3. The molecule has 0 saturated heterocycles. The van der Waals surface area contributed by atoms with Crippen LogP contribution in [0.2, 0.25) is 5.02 Å². The normalized spacial score (nSPS) is 11.5. The molecule has 2 aromatic heterocycles. The number of thiazole rings is 1. The second kappa shape index (κ2) is 10.7. The summed E-state index contributed by atoms with van der Waals surface area (Å²) >= 11 is 7.68. The van der Waals surface area contributed by atoms with Crippen molar-refractivity contribution >= 4 is 55.8 Å². The van der Waals surface area contributed by atoms with Gasteiger partial charge in [0.25, 0.3) is 0 Å². The van der Waals surface area contributed by atoms with E-state index in [1.807, 2.05) is 56.0 Å². The van der Waals surface area contributed by atoms with E-state index in [1.54, 1.807) is 32.1 Å². The van der Waals surface area contributed by atoms with Crippen LogP contribution in [0, 0.1) is 6.92 Å². The van der Waals surface area contributed by atoms with Crippen LogP contribution in [-0.2, 0) is 18.3 Å². The molecule has 198 valence electrons. The van der Waals surface area contributed by atoms with E-state index in [9.17, 15) is 9.90 Å². The molecule has 0 aliphatic carbocycles. The molecule has 0 aliphatic heterocycles. The lowest BCUT2D eigenvalue weighted by molar-refractivity contribution is -0.136. The maximum atomic E-state index is 11.7. The highest BCUT2D eigenvalue weighted by Gasteiger charge is 2.20. The highest BCUT2D eigenvalue weighted by atomic mass is 35.5. The third-order valence-electron chi connectivity index (χ3n) is 5.81. The Kier molecular flexibility index (Phi) is 7.78. The molecular formula is C29H31ClN4O3S. The van der Waals surface area contributed by atoms with Gasteiger partial charge in [-0.2, -0.15) is 5.10 Å². The van der Waals surface area contributed by atoms with Crippen molar-refractivity contribution in [3.05, 3.63) is 64.7 Å². The number of halogens is 1. The highest BCUT2D eigenvalue weighted by molar-refractivity contribution is 7.22. The van der Waals surface area contributed by atoms with Crippen LogP contribution in [-0.4, -0.2) is 43.6 Å². The van der Waals surface area contributed by atoms with Crippen molar-refractivity contribution in [2.45, 2.75) is 39.7 Å². The molecule has 0 saturated carbocycles. The smallest absolute Gasteiger partial charge is 0.307 e. The quantitative estimate of drug-likeness (QED) is 0.219. The monoisotopic (exact) mass is 550 g/mol. The molecule has 9 heteroatoms. The summed E-state index contributed by atoms with van der Waals surface area (Å²) in [6.45, 7) is 7.17. The van der Waals surface area contributed by atoms with Gasteiger partial charge in [-0.15, -0.1) is 11.3 Å². The Balaban J connectivity index is 0.000000617. The predicted molar refractivity (Wildman–Crippen MR) is 157 cm³/mol. The Morgan fingerprint density at radius 2 is 1.74 bits per heavy atom. The number of nitrogens with one attached hydrogen (secondary N) is 1. The first-order valence-corrected chi connectivity index (χ1v) is 13.3. The second-order valence-electron chi connectivity index (χ2n) is 10.1. The molecule has 0 atom stereocenters. The van der Waals surface area contributed by atoms with Gasteiger partial charge >= 0.3 is 5.97 Å². The zero-order chi connectivity index (χ0) is 27.8. The van der Waals surface area contributed by atoms with Gasteiger partial charge in [-0.25, -0.2) is 4.98 Å². The fourth-order valence-electron chi connectivity index (χ4n) is 4.23. The number of aliphatic carboxylic acids is 1. The largest absolute Gasteiger partial charge is 0.481 e. The van der Waals surface area contributed by atoms with Crippen molar-refractivity contribution in [1.29, 1.82) is 0 Å². The molecule has 0 amide bonds. The number of aromatic nitrogens is 3. The standard InChI is InChI=1S/C25H21ClN4O2S.C4H10O/c1-13-10-19-23(22(18(13)12-21(31)32)14-4-7-16(26)8-5-14)33-25(28-19)15-6-9-17-20(11-15)30(3)29-24(17)27-2;1-4(2,3)5/h4-11H,12H2,1-3H3,(H,27,29)(H,31,32);5H,1-3H3. The molecule has 0 unspecified atom stereocenters. The molecule has 38 heavy (non-hydrogen) atoms. The molecule has 0 radical (unpaired) electrons. The summed E-state index contributed by atoms with van der Waals surface area (Å²) in [7, 11) is 3.78. The molecule has 3 N–H and O–H groups in total. The Bertz CT molecular complexity index is 1630. The minimum absolute atomic E-state index is 0.0548. The van der Waals surface area contributed by atoms with Crippen molar-refractivity contribution in [1.82, 2.24) is 14.8 Å². The number of hydrogen-bond acceptors (Lipinski definition) is 6. The van der Waals surface area contributed by atoms with Gasteiger partial charge in [0.05, 0.1) is 27.8 Å². The summed E-state index contributed by atoms with van der Waals surface area (Å²) in [5.74, 6) is -0.0262. The Morgan fingerprint density at radius 1 is 1.11 bits per heavy atom. The molecule has 0 bridgehead atoms. The van der Waals surface area contributed by atoms with Crippen molar-refractivity contribution in [2.24, 2.45) is 7.05 Å². The van der Waals surface area contributed by atoms with Crippen LogP contribution in [0.1, 0.15) is 31.9 Å². The van der Waals surface area contributed by atoms with Gasteiger partial charge in [0.15, 0.2) is 5.82 Å². The van der Waals surface area contributed by atoms with Gasteiger partial charge in [0.1, 0.15) is 5.01 Å². The van der Waals surface area contributed by atoms with Gasteiger partial charge < -0.3 is 15.5 Å². The summed E-state index contributed by atoms with van der Waals surface area (Å²) in [6.07, 6.45) is -0.0548. The van der Waals surface area contributed by atoms with Crippen LogP contribution in [0.25, 0.3) is 42.8 Å². The summed E-state index contributed by atoms with van der Waals surface area (Å²) in [6, 6.07) is 15.7. The number of rotatable bonds is 5. The molecule has 5 rings (SSSR count). The van der Waals surface area contributed by atoms with Gasteiger partial charge in [-0.3, -0.25) is 9.48 Å². The first-order valence-electron chi connectivity index (χ1n) is 12.1. The highest BCUT2D eigenvalue weighted by Crippen LogP contribution is 2.41. The number of fused-ring (bicyclic) bond motifs is 2. The summed E-state index contributed by atoms with van der Waals surface area (Å²) in [5.41, 5.74) is 5.91. The Labute approximate surface area is 230 Å². The third kappa shape index (κ3) is 5.99. The number of carboxylic acid groups (broad SMARTS) is 1. The van der Waals surface area contributed by atoms with Crippen LogP contribution in [0.4, 0.5) is 5.82 Å². The molecule has 0 aliphatic rings. The van der Waals surface area contributed by atoms with Gasteiger partial charge in [0, 0.05) is 35.6 Å². The minimum Gasteiger partial charge on any atom is -0.481 e. The van der Waals surface area contributed by atoms with Gasteiger partial charge in [-0.05, 0) is 74.7 Å². The first kappa shape index (κ1) is 27.6. The third-order valence-corrected chi connectivity index (χ3v) is 7.20. The first-order chi connectivity index (χ1) is 17.9. The zero-order valence-corrected chi connectivity index (χ0v) is 23.8. The summed E-state index contributed by atoms with van der Waals surface area (Å²) in [5, 5.41) is 28.3. The van der Waals surface area contributed by atoms with E-state index < -0.39 is 11.6 Å². The van der Waals surface area contributed by atoms with E-state index in [1.165, 1.54) is 0 Å². The van der Waals surface area contributed by atoms with Crippen LogP contribution in [0.15, 0.2) is 48.5 Å². The van der Waals surface area contributed by atoms with Crippen LogP contribution in [0.3, 0.4) is 0 Å². The van der Waals surface area contributed by atoms with Crippen molar-refractivity contribution in [2.75, 3.05) is 12.4 Å². The van der Waals surface area contributed by atoms with Crippen LogP contribution in [0.5, 0.6) is 0 Å². The Morgan fingerprint density at radius 3 is 2.34 bits per heavy atom. The fraction of sp³-hybridized carbons (Fsp3) is 0.276. The van der Waals surface area contributed by atoms with E-state index in [0.717, 1.165) is 59.8 Å². The SMILES string of the molecule is CC(C)(C)O.CNc1nn(C)c2cc(-c3nc4cc(C)c(CC(=O)O)c(-c5ccc(Cl)cc5)c4s3)ccc12. The van der Waals surface area contributed by atoms with Crippen LogP contribution >= 0.6 is 22.9 Å². The summed E-state index contributed by atoms with van der Waals surface area (Å²) in [4.78, 5) is 16.6. The van der Waals surface area contributed by atoms with Crippen molar-refractivity contribution in [3.8, 4) is 21.7 Å². The minimum atomic E-state index is -0.862. The predicted octanol–water partition coefficient (Wildman–Crippen LogP) is 6.92. The number of aliphatic hydroxyl groups is 1. The second-order valence-corrected chi connectivity index (χ2v) is 11.6. The molecule has 7 nitrogen and oxygen atoms in total. The van der Waals surface area contributed by atoms with Gasteiger partial charge in [-0.1, -0.05) is 29.8 Å². The number of hydrogen-bond donors (Lipinski definition) is 3. The lowest BCUT2D eigenvalue weighted by atomic mass is 9.93. The molecule has 5 aromatic rings.